The van der Waals surface area contributed by atoms with Gasteiger partial charge >= 0.3 is 7.82 Å². The molecule has 0 aliphatic heterocycles. The van der Waals surface area contributed by atoms with Gasteiger partial charge in [0.05, 0.1) is 13.2 Å². The van der Waals surface area contributed by atoms with Crippen LogP contribution in [-0.2, 0) is 23.9 Å². The fourth-order valence-corrected chi connectivity index (χ4v) is 4.17. The van der Waals surface area contributed by atoms with Crippen LogP contribution in [0.5, 0.6) is 0 Å². The zero-order valence-electron chi connectivity index (χ0n) is 13.1. The van der Waals surface area contributed by atoms with E-state index in [1.165, 1.54) is 0 Å². The molecule has 0 spiro atoms. The number of aliphatic hydroxyl groups is 1. The predicted octanol–water partition coefficient (Wildman–Crippen LogP) is 4.06. The van der Waals surface area contributed by atoms with Crippen LogP contribution in [0.4, 0.5) is 0 Å². The zero-order valence-corrected chi connectivity index (χ0v) is 14.0. The molecule has 1 aliphatic carbocycles. The van der Waals surface area contributed by atoms with E-state index in [2.05, 4.69) is 0 Å². The molecule has 2 aromatic carbocycles. The molecule has 1 aliphatic rings. The van der Waals surface area contributed by atoms with Gasteiger partial charge in [0.25, 0.3) is 0 Å². The summed E-state index contributed by atoms with van der Waals surface area (Å²) in [5.41, 5.74) is 2.73. The van der Waals surface area contributed by atoms with Crippen molar-refractivity contribution in [2.45, 2.75) is 19.6 Å². The number of hydrogen-bond donors (Lipinski definition) is 1. The molecule has 0 saturated heterocycles. The average Bonchev–Trinajstić information content (AvgIpc) is 2.78. The fraction of sp³-hybridized carbons (Fsp3) is 0.294. The van der Waals surface area contributed by atoms with Gasteiger partial charge in [0.15, 0.2) is 0 Å². The minimum Gasteiger partial charge on any atom is -0.358 e. The maximum absolute atomic E-state index is 12.8. The molecule has 5 nitrogen and oxygen atoms in total. The van der Waals surface area contributed by atoms with Crippen molar-refractivity contribution in [3.05, 3.63) is 59.7 Å². The Morgan fingerprint density at radius 3 is 1.78 bits per heavy atom. The smallest absolute Gasteiger partial charge is 0.358 e. The first-order chi connectivity index (χ1) is 11.0. The van der Waals surface area contributed by atoms with Crippen LogP contribution in [0.1, 0.15) is 25.0 Å². The van der Waals surface area contributed by atoms with Gasteiger partial charge in [-0.25, -0.2) is 9.09 Å². The molecule has 0 heterocycles. The first-order valence-corrected chi connectivity index (χ1v) is 9.01. The molecule has 122 valence electrons. The number of benzene rings is 2. The Bertz CT molecular complexity index is 703. The summed E-state index contributed by atoms with van der Waals surface area (Å²) in [4.78, 5) is 0. The minimum atomic E-state index is -3.90. The van der Waals surface area contributed by atoms with Crippen LogP contribution in [-0.4, -0.2) is 18.3 Å². The van der Waals surface area contributed by atoms with Crippen molar-refractivity contribution in [2.75, 3.05) is 13.2 Å². The van der Waals surface area contributed by atoms with E-state index in [-0.39, 0.29) is 13.2 Å². The van der Waals surface area contributed by atoms with Gasteiger partial charge in [-0.05, 0) is 25.0 Å². The standard InChI is InChI=1S/C17H19O5P/c1-3-20-23(19,21-4-2)22-17(18)15-11-7-5-9-13(15)14-10-6-8-12-16(14)17/h5-12,18H,3-4H2,1-2H3. The van der Waals surface area contributed by atoms with Gasteiger partial charge in [0.2, 0.25) is 5.79 Å². The van der Waals surface area contributed by atoms with Gasteiger partial charge < -0.3 is 5.11 Å². The van der Waals surface area contributed by atoms with Gasteiger partial charge in [0, 0.05) is 11.1 Å². The van der Waals surface area contributed by atoms with Crippen LogP contribution in [0.15, 0.2) is 48.5 Å². The summed E-state index contributed by atoms with van der Waals surface area (Å²) in [6, 6.07) is 14.6. The predicted molar refractivity (Wildman–Crippen MR) is 86.8 cm³/mol. The van der Waals surface area contributed by atoms with Gasteiger partial charge in [-0.1, -0.05) is 48.5 Å². The van der Waals surface area contributed by atoms with Crippen molar-refractivity contribution in [3.8, 4) is 11.1 Å². The summed E-state index contributed by atoms with van der Waals surface area (Å²) in [6.45, 7) is 3.68. The SMILES string of the molecule is CCOP(=O)(OCC)OC1(O)c2ccccc2-c2ccccc21. The summed E-state index contributed by atoms with van der Waals surface area (Å²) in [5.74, 6) is -1.87. The largest absolute Gasteiger partial charge is 0.477 e. The van der Waals surface area contributed by atoms with E-state index in [9.17, 15) is 9.67 Å². The quantitative estimate of drug-likeness (QED) is 0.637. The summed E-state index contributed by atoms with van der Waals surface area (Å²) in [6.07, 6.45) is 0. The lowest BCUT2D eigenvalue weighted by atomic mass is 10.1. The maximum atomic E-state index is 12.8. The number of rotatable bonds is 6. The highest BCUT2D eigenvalue weighted by molar-refractivity contribution is 7.48. The van der Waals surface area contributed by atoms with Crippen LogP contribution in [0.3, 0.4) is 0 Å². The number of fused-ring (bicyclic) bond motifs is 3. The first-order valence-electron chi connectivity index (χ1n) is 7.55. The molecule has 1 N–H and O–H groups in total. The van der Waals surface area contributed by atoms with Crippen LogP contribution in [0.25, 0.3) is 11.1 Å². The molecule has 0 aromatic heterocycles. The Balaban J connectivity index is 2.12. The Morgan fingerprint density at radius 1 is 0.913 bits per heavy atom. The summed E-state index contributed by atoms with van der Waals surface area (Å²) < 4.78 is 28.7. The number of phosphoric ester groups is 1. The highest BCUT2D eigenvalue weighted by Crippen LogP contribution is 2.59. The topological polar surface area (TPSA) is 65.0 Å². The van der Waals surface area contributed by atoms with Crippen molar-refractivity contribution in [1.29, 1.82) is 0 Å². The van der Waals surface area contributed by atoms with Gasteiger partial charge in [-0.2, -0.15) is 0 Å². The van der Waals surface area contributed by atoms with Gasteiger partial charge in [0.1, 0.15) is 0 Å². The maximum Gasteiger partial charge on any atom is 0.477 e. The normalized spacial score (nSPS) is 15.3. The highest BCUT2D eigenvalue weighted by atomic mass is 31.2. The van der Waals surface area contributed by atoms with E-state index in [0.29, 0.717) is 11.1 Å². The summed E-state index contributed by atoms with van der Waals surface area (Å²) >= 11 is 0. The molecule has 0 radical (unpaired) electrons. The molecule has 23 heavy (non-hydrogen) atoms. The molecule has 0 unspecified atom stereocenters. The molecular weight excluding hydrogens is 315 g/mol. The molecule has 0 fully saturated rings. The molecule has 3 rings (SSSR count). The van der Waals surface area contributed by atoms with Crippen LogP contribution < -0.4 is 0 Å². The zero-order chi connectivity index (χ0) is 16.5. The van der Waals surface area contributed by atoms with Crippen LogP contribution >= 0.6 is 7.82 Å². The summed E-state index contributed by atoms with van der Waals surface area (Å²) in [5, 5.41) is 11.2. The van der Waals surface area contributed by atoms with Crippen LogP contribution in [0, 0.1) is 0 Å². The number of phosphoric acid groups is 1. The third-order valence-electron chi connectivity index (χ3n) is 3.69. The third-order valence-corrected chi connectivity index (χ3v) is 5.33. The second-order valence-corrected chi connectivity index (χ2v) is 6.70. The molecule has 0 saturated carbocycles. The van der Waals surface area contributed by atoms with Gasteiger partial charge in [-0.3, -0.25) is 9.05 Å². The molecule has 0 bridgehead atoms. The van der Waals surface area contributed by atoms with E-state index in [0.717, 1.165) is 11.1 Å². The van der Waals surface area contributed by atoms with E-state index < -0.39 is 13.6 Å². The Hall–Kier alpha value is -1.49. The lowest BCUT2D eigenvalue weighted by Gasteiger charge is -2.29. The molecular formula is C17H19O5P. The van der Waals surface area contributed by atoms with Gasteiger partial charge in [-0.15, -0.1) is 0 Å². The second kappa shape index (κ2) is 6.19. The van der Waals surface area contributed by atoms with Crippen molar-refractivity contribution in [3.63, 3.8) is 0 Å². The second-order valence-electron chi connectivity index (χ2n) is 5.11. The van der Waals surface area contributed by atoms with E-state index >= 15 is 0 Å². The molecule has 0 amide bonds. The Kier molecular flexibility index (Phi) is 4.41. The van der Waals surface area contributed by atoms with E-state index in [4.69, 9.17) is 13.6 Å². The first kappa shape index (κ1) is 16.4. The van der Waals surface area contributed by atoms with Crippen molar-refractivity contribution in [2.24, 2.45) is 0 Å². The third kappa shape index (κ3) is 2.75. The number of hydrogen-bond acceptors (Lipinski definition) is 5. The monoisotopic (exact) mass is 334 g/mol. The minimum absolute atomic E-state index is 0.149. The Morgan fingerprint density at radius 2 is 1.35 bits per heavy atom. The van der Waals surface area contributed by atoms with Crippen molar-refractivity contribution < 1.29 is 23.2 Å². The molecule has 2 aromatic rings. The fourth-order valence-electron chi connectivity index (χ4n) is 2.84. The highest BCUT2D eigenvalue weighted by Gasteiger charge is 2.48. The van der Waals surface area contributed by atoms with Crippen molar-refractivity contribution >= 4 is 7.82 Å². The van der Waals surface area contributed by atoms with Crippen LogP contribution in [0.2, 0.25) is 0 Å². The average molecular weight is 334 g/mol. The van der Waals surface area contributed by atoms with Crippen molar-refractivity contribution in [1.82, 2.24) is 0 Å². The lowest BCUT2D eigenvalue weighted by molar-refractivity contribution is -0.125. The Labute approximate surface area is 135 Å². The van der Waals surface area contributed by atoms with E-state index in [1.54, 1.807) is 38.1 Å². The van der Waals surface area contributed by atoms with E-state index in [1.807, 2.05) is 24.3 Å². The molecule has 6 heteroatoms. The summed E-state index contributed by atoms with van der Waals surface area (Å²) in [7, 11) is -3.90. The molecule has 0 atom stereocenters. The lowest BCUT2D eigenvalue weighted by Crippen LogP contribution is -2.28.